The maximum absolute atomic E-state index is 12.6. The fraction of sp³-hybridized carbons (Fsp3) is 0.182. The number of hydrazone groups is 1. The molecule has 2 aromatic carbocycles. The summed E-state index contributed by atoms with van der Waals surface area (Å²) < 4.78 is 1.69. The average Bonchev–Trinajstić information content (AvgIpc) is 3.02. The summed E-state index contributed by atoms with van der Waals surface area (Å²) >= 11 is 1.58. The fourth-order valence-electron chi connectivity index (χ4n) is 3.25. The predicted octanol–water partition coefficient (Wildman–Crippen LogP) is 2.96. The molecular weight excluding hydrogens is 382 g/mol. The van der Waals surface area contributed by atoms with Gasteiger partial charge < -0.3 is 0 Å². The minimum absolute atomic E-state index is 0.183. The molecule has 1 aliphatic heterocycles. The molecule has 0 spiro atoms. The van der Waals surface area contributed by atoms with Gasteiger partial charge in [-0.1, -0.05) is 42.1 Å². The lowest BCUT2D eigenvalue weighted by Gasteiger charge is -2.07. The van der Waals surface area contributed by atoms with Gasteiger partial charge in [-0.15, -0.1) is 0 Å². The summed E-state index contributed by atoms with van der Waals surface area (Å²) in [4.78, 5) is 21.5. The van der Waals surface area contributed by atoms with Crippen molar-refractivity contribution in [1.29, 1.82) is 0 Å². The van der Waals surface area contributed by atoms with Crippen LogP contribution in [-0.4, -0.2) is 26.4 Å². The number of amidine groups is 1. The number of hydrazine groups is 1. The van der Waals surface area contributed by atoms with Crippen LogP contribution in [0.15, 0.2) is 59.8 Å². The Hall–Kier alpha value is -3.19. The van der Waals surface area contributed by atoms with Crippen molar-refractivity contribution in [2.45, 2.75) is 31.3 Å². The van der Waals surface area contributed by atoms with E-state index in [1.54, 1.807) is 16.4 Å². The topological polar surface area (TPSA) is 83.9 Å². The Morgan fingerprint density at radius 2 is 1.79 bits per heavy atom. The van der Waals surface area contributed by atoms with E-state index in [0.29, 0.717) is 17.9 Å². The van der Waals surface area contributed by atoms with Gasteiger partial charge in [0.2, 0.25) is 0 Å². The van der Waals surface area contributed by atoms with E-state index in [-0.39, 0.29) is 5.91 Å². The molecule has 0 bridgehead atoms. The number of fused-ring (bicyclic) bond motifs is 1. The minimum Gasteiger partial charge on any atom is -0.285 e. The summed E-state index contributed by atoms with van der Waals surface area (Å²) in [5.41, 5.74) is 14.8. The van der Waals surface area contributed by atoms with Crippen LogP contribution in [0, 0.1) is 13.8 Å². The van der Waals surface area contributed by atoms with Gasteiger partial charge in [-0.25, -0.2) is 9.97 Å². The Bertz CT molecular complexity index is 1090. The van der Waals surface area contributed by atoms with Gasteiger partial charge >= 0.3 is 0 Å². The Morgan fingerprint density at radius 1 is 1.10 bits per heavy atom. The van der Waals surface area contributed by atoms with Crippen molar-refractivity contribution in [3.63, 3.8) is 0 Å². The van der Waals surface area contributed by atoms with E-state index in [9.17, 15) is 4.79 Å². The zero-order chi connectivity index (χ0) is 20.4. The van der Waals surface area contributed by atoms with Gasteiger partial charge in [0.15, 0.2) is 5.16 Å². The number of nitrogens with two attached hydrogens (primary N) is 1. The lowest BCUT2D eigenvalue weighted by Crippen LogP contribution is -2.38. The van der Waals surface area contributed by atoms with Gasteiger partial charge in [0, 0.05) is 28.3 Å². The number of carbonyl (C=O) groups excluding carboxylic acids is 1. The molecule has 6 nitrogen and oxygen atoms in total. The highest BCUT2D eigenvalue weighted by atomic mass is 32.2. The third-order valence-corrected chi connectivity index (χ3v) is 5.61. The van der Waals surface area contributed by atoms with Crippen LogP contribution in [0.25, 0.3) is 0 Å². The van der Waals surface area contributed by atoms with Crippen molar-refractivity contribution in [1.82, 2.24) is 15.4 Å². The van der Waals surface area contributed by atoms with Crippen LogP contribution < -0.4 is 11.2 Å². The van der Waals surface area contributed by atoms with Crippen LogP contribution in [0.3, 0.4) is 0 Å². The van der Waals surface area contributed by atoms with E-state index in [0.717, 1.165) is 39.0 Å². The largest absolute Gasteiger partial charge is 0.299 e. The number of carbonyl (C=O) groups is 1. The standard InChI is InChI=1S/C22H21N5OS/c1-14-11-15(2)25-22(24-14)29-13-16-7-9-17(10-8-16)21(28)26-27-12-18-5-3-4-6-19(18)20(27)23/h3-11,23H,12-13H2,1-2H3,(H,26,28)/p+1. The predicted molar refractivity (Wildman–Crippen MR) is 114 cm³/mol. The van der Waals surface area contributed by atoms with Crippen LogP contribution in [0.2, 0.25) is 0 Å². The third kappa shape index (κ3) is 4.30. The lowest BCUT2D eigenvalue weighted by molar-refractivity contribution is -0.584. The first-order valence-corrected chi connectivity index (χ1v) is 10.3. The van der Waals surface area contributed by atoms with Crippen LogP contribution in [-0.2, 0) is 12.3 Å². The Morgan fingerprint density at radius 3 is 2.48 bits per heavy atom. The molecule has 146 valence electrons. The first-order valence-electron chi connectivity index (χ1n) is 9.33. The molecule has 3 N–H and O–H groups in total. The summed E-state index contributed by atoms with van der Waals surface area (Å²) in [5, 5.41) is 0.768. The number of aryl methyl sites for hydroxylation is 2. The molecular formula is C22H22N5OS+. The Balaban J connectivity index is 1.39. The molecule has 0 saturated carbocycles. The maximum atomic E-state index is 12.6. The van der Waals surface area contributed by atoms with Crippen molar-refractivity contribution in [2.75, 3.05) is 0 Å². The summed E-state index contributed by atoms with van der Waals surface area (Å²) in [6, 6.07) is 17.4. The molecule has 0 aliphatic carbocycles. The van der Waals surface area contributed by atoms with E-state index in [1.165, 1.54) is 0 Å². The lowest BCUT2D eigenvalue weighted by atomic mass is 10.1. The van der Waals surface area contributed by atoms with Gasteiger partial charge in [0.1, 0.15) is 6.54 Å². The molecule has 1 aromatic heterocycles. The van der Waals surface area contributed by atoms with Crippen LogP contribution in [0.1, 0.15) is 38.4 Å². The molecule has 2 heterocycles. The quantitative estimate of drug-likeness (QED) is 0.388. The van der Waals surface area contributed by atoms with Gasteiger partial charge in [-0.2, -0.15) is 10.1 Å². The Kier molecular flexibility index (Phi) is 5.31. The second kappa shape index (κ2) is 8.05. The summed E-state index contributed by atoms with van der Waals surface area (Å²) in [5.74, 6) is 1.13. The summed E-state index contributed by atoms with van der Waals surface area (Å²) in [6.07, 6.45) is 0. The van der Waals surface area contributed by atoms with Gasteiger partial charge in [-0.3, -0.25) is 10.5 Å². The van der Waals surface area contributed by atoms with Crippen molar-refractivity contribution >= 4 is 23.5 Å². The first-order chi connectivity index (χ1) is 14.0. The normalized spacial score (nSPS) is 12.8. The monoisotopic (exact) mass is 404 g/mol. The van der Waals surface area contributed by atoms with Crippen molar-refractivity contribution < 1.29 is 9.48 Å². The fourth-order valence-corrected chi connectivity index (χ4v) is 4.16. The molecule has 0 fully saturated rings. The smallest absolute Gasteiger partial charge is 0.285 e. The second-order valence-electron chi connectivity index (χ2n) is 6.99. The number of hydrogen-bond donors (Lipinski definition) is 2. The van der Waals surface area contributed by atoms with Gasteiger partial charge in [0.05, 0.1) is 5.56 Å². The molecule has 7 heteroatoms. The number of aromatic nitrogens is 2. The number of nitrogens with one attached hydrogen (secondary N) is 1. The summed E-state index contributed by atoms with van der Waals surface area (Å²) in [7, 11) is 0. The molecule has 0 unspecified atom stereocenters. The zero-order valence-electron chi connectivity index (χ0n) is 16.3. The molecule has 0 atom stereocenters. The van der Waals surface area contributed by atoms with E-state index in [2.05, 4.69) is 15.4 Å². The van der Waals surface area contributed by atoms with Crippen LogP contribution >= 0.6 is 11.8 Å². The third-order valence-electron chi connectivity index (χ3n) is 4.69. The van der Waals surface area contributed by atoms with Crippen LogP contribution in [0.5, 0.6) is 0 Å². The second-order valence-corrected chi connectivity index (χ2v) is 7.93. The van der Waals surface area contributed by atoms with Crippen LogP contribution in [0.4, 0.5) is 0 Å². The first kappa shape index (κ1) is 19.1. The molecule has 29 heavy (non-hydrogen) atoms. The highest BCUT2D eigenvalue weighted by Gasteiger charge is 2.26. The van der Waals surface area contributed by atoms with Crippen molar-refractivity contribution in [2.24, 2.45) is 5.73 Å². The molecule has 0 saturated heterocycles. The molecule has 0 radical (unpaired) electrons. The maximum Gasteiger partial charge on any atom is 0.299 e. The zero-order valence-corrected chi connectivity index (χ0v) is 17.2. The van der Waals surface area contributed by atoms with E-state index in [4.69, 9.17) is 5.73 Å². The summed E-state index contributed by atoms with van der Waals surface area (Å²) in [6.45, 7) is 4.50. The average molecular weight is 405 g/mol. The van der Waals surface area contributed by atoms with Gasteiger partial charge in [0.25, 0.3) is 11.7 Å². The molecule has 1 aliphatic rings. The van der Waals surface area contributed by atoms with E-state index >= 15 is 0 Å². The SMILES string of the molecule is Cc1cc(C)nc(SCc2ccc(C(=O)N[N+]3=C(N)c4ccccc4C3)cc2)n1. The van der Waals surface area contributed by atoms with E-state index < -0.39 is 0 Å². The molecule has 3 aromatic rings. The highest BCUT2D eigenvalue weighted by molar-refractivity contribution is 7.98. The molecule has 1 amide bonds. The van der Waals surface area contributed by atoms with Gasteiger partial charge in [-0.05, 0) is 43.7 Å². The highest BCUT2D eigenvalue weighted by Crippen LogP contribution is 2.20. The number of thioether (sulfide) groups is 1. The van der Waals surface area contributed by atoms with Crippen molar-refractivity contribution in [3.8, 4) is 0 Å². The number of nitrogens with zero attached hydrogens (tertiary/aromatic N) is 3. The van der Waals surface area contributed by atoms with Crippen molar-refractivity contribution in [3.05, 3.63) is 88.2 Å². The molecule has 4 rings (SSSR count). The number of benzene rings is 2. The number of rotatable bonds is 5. The Labute approximate surface area is 173 Å². The minimum atomic E-state index is -0.183. The number of amides is 1. The van der Waals surface area contributed by atoms with E-state index in [1.807, 2.05) is 68.4 Å². The number of hydrogen-bond acceptors (Lipinski definition) is 5.